The van der Waals surface area contributed by atoms with Gasteiger partial charge >= 0.3 is 0 Å². The summed E-state index contributed by atoms with van der Waals surface area (Å²) in [6.07, 6.45) is 7.91. The molecule has 196 valence electrons. The number of benzene rings is 2. The summed E-state index contributed by atoms with van der Waals surface area (Å²) in [5, 5.41) is 12.3. The Morgan fingerprint density at radius 2 is 1.66 bits per heavy atom. The molecular formula is C31H37N7. The summed E-state index contributed by atoms with van der Waals surface area (Å²) in [5.74, 6) is 0. The van der Waals surface area contributed by atoms with E-state index in [1.54, 1.807) is 0 Å². The molecule has 38 heavy (non-hydrogen) atoms. The second-order valence-electron chi connectivity index (χ2n) is 10.6. The van der Waals surface area contributed by atoms with Gasteiger partial charge in [-0.05, 0) is 56.0 Å². The lowest BCUT2D eigenvalue weighted by atomic mass is 9.98. The van der Waals surface area contributed by atoms with Gasteiger partial charge in [0.15, 0.2) is 0 Å². The van der Waals surface area contributed by atoms with Crippen molar-refractivity contribution in [3.8, 4) is 0 Å². The van der Waals surface area contributed by atoms with E-state index in [1.165, 1.54) is 28.1 Å². The largest absolute Gasteiger partial charge is 0.382 e. The number of anilines is 3. The summed E-state index contributed by atoms with van der Waals surface area (Å²) in [6, 6.07) is 15.9. The van der Waals surface area contributed by atoms with Crippen molar-refractivity contribution < 1.29 is 0 Å². The van der Waals surface area contributed by atoms with Crippen LogP contribution in [0.2, 0.25) is 0 Å². The third-order valence-corrected chi connectivity index (χ3v) is 8.20. The Kier molecular flexibility index (Phi) is 6.66. The quantitative estimate of drug-likeness (QED) is 0.362. The molecule has 0 radical (unpaired) electrons. The average molecular weight is 508 g/mol. The zero-order chi connectivity index (χ0) is 26.1. The van der Waals surface area contributed by atoms with Crippen LogP contribution in [0.1, 0.15) is 29.5 Å². The summed E-state index contributed by atoms with van der Waals surface area (Å²) >= 11 is 0. The fourth-order valence-electron chi connectivity index (χ4n) is 5.94. The average Bonchev–Trinajstić information content (AvgIpc) is 3.44. The number of pyridine rings is 1. The molecule has 2 aromatic carbocycles. The summed E-state index contributed by atoms with van der Waals surface area (Å²) in [5.41, 5.74) is 9.69. The molecule has 0 unspecified atom stereocenters. The molecule has 0 amide bonds. The number of aromatic amines is 1. The summed E-state index contributed by atoms with van der Waals surface area (Å²) in [7, 11) is 0. The fraction of sp³-hybridized carbons (Fsp3) is 0.355. The Labute approximate surface area is 225 Å². The number of hydrogen-bond donors (Lipinski definition) is 2. The molecule has 0 bridgehead atoms. The number of piperazine rings is 1. The van der Waals surface area contributed by atoms with Crippen LogP contribution in [-0.4, -0.2) is 65.4 Å². The van der Waals surface area contributed by atoms with Crippen LogP contribution >= 0.6 is 0 Å². The van der Waals surface area contributed by atoms with E-state index < -0.39 is 0 Å². The molecule has 7 nitrogen and oxygen atoms in total. The highest BCUT2D eigenvalue weighted by molar-refractivity contribution is 5.89. The van der Waals surface area contributed by atoms with E-state index in [4.69, 9.17) is 0 Å². The molecule has 2 aliphatic heterocycles. The van der Waals surface area contributed by atoms with Gasteiger partial charge in [0.05, 0.1) is 23.6 Å². The number of H-pyrrole nitrogens is 1. The maximum Gasteiger partial charge on any atom is 0.0915 e. The first-order chi connectivity index (χ1) is 18.6. The first kappa shape index (κ1) is 24.3. The van der Waals surface area contributed by atoms with Crippen LogP contribution in [0.4, 0.5) is 17.1 Å². The van der Waals surface area contributed by atoms with E-state index in [2.05, 4.69) is 98.1 Å². The van der Waals surface area contributed by atoms with Crippen LogP contribution < -0.4 is 15.1 Å². The SMILES string of the molecule is C=C(c1cc(NC2CCN(c3ccccc3)CC2)c(C)cc1C)N1CCN(c2cncc3cn[nH]c23)CC1. The molecule has 2 aliphatic rings. The molecular weight excluding hydrogens is 470 g/mol. The molecule has 4 aromatic rings. The maximum atomic E-state index is 4.55. The van der Waals surface area contributed by atoms with Crippen molar-refractivity contribution in [1.82, 2.24) is 20.1 Å². The lowest BCUT2D eigenvalue weighted by Crippen LogP contribution is -2.45. The molecule has 0 saturated carbocycles. The number of nitrogens with zero attached hydrogens (tertiary/aromatic N) is 5. The van der Waals surface area contributed by atoms with Gasteiger partial charge < -0.3 is 20.0 Å². The van der Waals surface area contributed by atoms with E-state index >= 15 is 0 Å². The van der Waals surface area contributed by atoms with Crippen LogP contribution in [0.25, 0.3) is 16.6 Å². The molecule has 2 aromatic heterocycles. The van der Waals surface area contributed by atoms with Gasteiger partial charge in [-0.1, -0.05) is 30.8 Å². The highest BCUT2D eigenvalue weighted by Crippen LogP contribution is 2.31. The molecule has 7 heteroatoms. The van der Waals surface area contributed by atoms with E-state index in [0.29, 0.717) is 6.04 Å². The second-order valence-corrected chi connectivity index (χ2v) is 10.6. The van der Waals surface area contributed by atoms with Crippen LogP contribution in [-0.2, 0) is 0 Å². The Morgan fingerprint density at radius 3 is 2.42 bits per heavy atom. The van der Waals surface area contributed by atoms with Crippen molar-refractivity contribution in [2.75, 3.05) is 54.4 Å². The molecule has 4 heterocycles. The minimum atomic E-state index is 0.486. The van der Waals surface area contributed by atoms with Crippen LogP contribution in [0, 0.1) is 13.8 Å². The minimum Gasteiger partial charge on any atom is -0.382 e. The number of aryl methyl sites for hydroxylation is 2. The standard InChI is InChI=1S/C31H37N7/c1-22-17-23(2)29(34-26-9-11-37(12-10-26)27-7-5-4-6-8-27)18-28(22)24(3)36-13-15-38(16-14-36)30-21-32-19-25-20-33-35-31(25)30/h4-8,17-21,26,34H,3,9-16H2,1-2H3,(H,33,35). The zero-order valence-electron chi connectivity index (χ0n) is 22.5. The number of aromatic nitrogens is 3. The molecule has 0 spiro atoms. The first-order valence-electron chi connectivity index (χ1n) is 13.7. The third kappa shape index (κ3) is 4.80. The van der Waals surface area contributed by atoms with Crippen molar-refractivity contribution in [3.05, 3.63) is 84.3 Å². The number of piperidine rings is 1. The van der Waals surface area contributed by atoms with Gasteiger partial charge in [-0.2, -0.15) is 5.10 Å². The highest BCUT2D eigenvalue weighted by Gasteiger charge is 2.23. The summed E-state index contributed by atoms with van der Waals surface area (Å²) in [4.78, 5) is 11.7. The van der Waals surface area contributed by atoms with Gasteiger partial charge in [0, 0.05) is 79.5 Å². The minimum absolute atomic E-state index is 0.486. The Bertz CT molecular complexity index is 1410. The zero-order valence-corrected chi connectivity index (χ0v) is 22.5. The van der Waals surface area contributed by atoms with Crippen molar-refractivity contribution in [2.45, 2.75) is 32.7 Å². The van der Waals surface area contributed by atoms with Gasteiger partial charge in [-0.3, -0.25) is 10.1 Å². The van der Waals surface area contributed by atoms with Gasteiger partial charge in [0.2, 0.25) is 0 Å². The smallest absolute Gasteiger partial charge is 0.0915 e. The Morgan fingerprint density at radius 1 is 0.895 bits per heavy atom. The number of rotatable bonds is 6. The number of nitrogens with one attached hydrogen (secondary N) is 2. The molecule has 2 N–H and O–H groups in total. The number of hydrogen-bond acceptors (Lipinski definition) is 6. The second kappa shape index (κ2) is 10.4. The first-order valence-corrected chi connectivity index (χ1v) is 13.7. The lowest BCUT2D eigenvalue weighted by molar-refractivity contribution is 0.368. The van der Waals surface area contributed by atoms with E-state index in [0.717, 1.165) is 74.4 Å². The Balaban J connectivity index is 1.10. The van der Waals surface area contributed by atoms with Crippen LogP contribution in [0.5, 0.6) is 0 Å². The molecule has 0 aliphatic carbocycles. The van der Waals surface area contributed by atoms with Crippen molar-refractivity contribution >= 4 is 33.7 Å². The fourth-order valence-corrected chi connectivity index (χ4v) is 5.94. The topological polar surface area (TPSA) is 63.3 Å². The van der Waals surface area contributed by atoms with Crippen molar-refractivity contribution in [2.24, 2.45) is 0 Å². The summed E-state index contributed by atoms with van der Waals surface area (Å²) < 4.78 is 0. The molecule has 0 atom stereocenters. The van der Waals surface area contributed by atoms with Gasteiger partial charge in [-0.25, -0.2) is 0 Å². The molecule has 2 fully saturated rings. The maximum absolute atomic E-state index is 4.55. The van der Waals surface area contributed by atoms with Crippen molar-refractivity contribution in [1.29, 1.82) is 0 Å². The normalized spacial score (nSPS) is 16.7. The number of fused-ring (bicyclic) bond motifs is 1. The van der Waals surface area contributed by atoms with Gasteiger partial charge in [-0.15, -0.1) is 0 Å². The third-order valence-electron chi connectivity index (χ3n) is 8.20. The van der Waals surface area contributed by atoms with Crippen LogP contribution in [0.3, 0.4) is 0 Å². The van der Waals surface area contributed by atoms with Crippen molar-refractivity contribution in [3.63, 3.8) is 0 Å². The molecule has 6 rings (SSSR count). The number of para-hydroxylation sites is 1. The van der Waals surface area contributed by atoms with E-state index in [1.807, 2.05) is 18.6 Å². The summed E-state index contributed by atoms with van der Waals surface area (Å²) in [6.45, 7) is 14.8. The predicted octanol–water partition coefficient (Wildman–Crippen LogP) is 5.45. The Hall–Kier alpha value is -4.00. The van der Waals surface area contributed by atoms with E-state index in [-0.39, 0.29) is 0 Å². The van der Waals surface area contributed by atoms with E-state index in [9.17, 15) is 0 Å². The van der Waals surface area contributed by atoms with Gasteiger partial charge in [0.1, 0.15) is 0 Å². The monoisotopic (exact) mass is 507 g/mol. The molecule has 2 saturated heterocycles. The van der Waals surface area contributed by atoms with Gasteiger partial charge in [0.25, 0.3) is 0 Å². The highest BCUT2D eigenvalue weighted by atomic mass is 15.3. The van der Waals surface area contributed by atoms with Crippen LogP contribution in [0.15, 0.2) is 67.6 Å². The lowest BCUT2D eigenvalue weighted by Gasteiger charge is -2.38. The predicted molar refractivity (Wildman–Crippen MR) is 158 cm³/mol.